The number of aromatic nitrogens is 3. The molecule has 0 aromatic carbocycles. The molecule has 1 saturated heterocycles. The van der Waals surface area contributed by atoms with E-state index in [1.54, 1.807) is 12.4 Å². The fraction of sp³-hybridized carbons (Fsp3) is 0.550. The molecule has 0 aliphatic carbocycles. The molecule has 0 saturated carbocycles. The lowest BCUT2D eigenvalue weighted by Gasteiger charge is -2.34. The van der Waals surface area contributed by atoms with Crippen molar-refractivity contribution in [3.63, 3.8) is 0 Å². The third-order valence-corrected chi connectivity index (χ3v) is 4.78. The third-order valence-electron chi connectivity index (χ3n) is 4.78. The van der Waals surface area contributed by atoms with E-state index in [4.69, 9.17) is 4.99 Å². The van der Waals surface area contributed by atoms with Gasteiger partial charge in [0.2, 0.25) is 5.95 Å². The molecule has 0 spiro atoms. The highest BCUT2D eigenvalue weighted by Crippen LogP contribution is 2.09. The molecule has 1 fully saturated rings. The van der Waals surface area contributed by atoms with Crippen LogP contribution in [0.4, 0.5) is 5.95 Å². The van der Waals surface area contributed by atoms with E-state index in [2.05, 4.69) is 54.3 Å². The van der Waals surface area contributed by atoms with Crippen molar-refractivity contribution < 1.29 is 0 Å². The molecule has 1 aliphatic heterocycles. The summed E-state index contributed by atoms with van der Waals surface area (Å²) >= 11 is 0. The van der Waals surface area contributed by atoms with E-state index in [0.717, 1.165) is 77.2 Å². The lowest BCUT2D eigenvalue weighted by Crippen LogP contribution is -2.47. The van der Waals surface area contributed by atoms with Gasteiger partial charge < -0.3 is 20.1 Å². The highest BCUT2D eigenvalue weighted by molar-refractivity contribution is 14.0. The first-order valence-corrected chi connectivity index (χ1v) is 10.2. The van der Waals surface area contributed by atoms with Crippen molar-refractivity contribution in [1.82, 2.24) is 30.1 Å². The highest BCUT2D eigenvalue weighted by atomic mass is 127. The second-order valence-corrected chi connectivity index (χ2v) is 6.84. The topological polar surface area (TPSA) is 73.6 Å². The molecule has 2 aromatic heterocycles. The van der Waals surface area contributed by atoms with E-state index in [0.29, 0.717) is 0 Å². The van der Waals surface area contributed by atoms with Crippen molar-refractivity contribution in [3.8, 4) is 0 Å². The second-order valence-electron chi connectivity index (χ2n) is 6.84. The average molecular weight is 512 g/mol. The average Bonchev–Trinajstić information content (AvgIpc) is 3.26. The Balaban J connectivity index is 0.00000300. The Hall–Kier alpha value is -1.88. The van der Waals surface area contributed by atoms with Crippen LogP contribution in [0.5, 0.6) is 0 Å². The van der Waals surface area contributed by atoms with Crippen LogP contribution in [0.1, 0.15) is 13.3 Å². The van der Waals surface area contributed by atoms with Gasteiger partial charge >= 0.3 is 0 Å². The van der Waals surface area contributed by atoms with Gasteiger partial charge in [0, 0.05) is 83.7 Å². The molecule has 1 aliphatic rings. The summed E-state index contributed by atoms with van der Waals surface area (Å²) in [6, 6.07) is 5.95. The van der Waals surface area contributed by atoms with Gasteiger partial charge in [-0.3, -0.25) is 9.89 Å². The minimum absolute atomic E-state index is 0. The van der Waals surface area contributed by atoms with Crippen LogP contribution in [0, 0.1) is 0 Å². The Morgan fingerprint density at radius 3 is 2.41 bits per heavy atom. The maximum Gasteiger partial charge on any atom is 0.225 e. The molecular formula is C20H33IN8. The number of hydrogen-bond acceptors (Lipinski definition) is 5. The molecule has 9 heteroatoms. The van der Waals surface area contributed by atoms with Crippen molar-refractivity contribution in [2.24, 2.45) is 4.99 Å². The SMILES string of the molecule is CCNC(=NCCCN1CCN(c2ncccn2)CC1)NCCn1cccc1.I. The number of nitrogens with one attached hydrogen (secondary N) is 2. The lowest BCUT2D eigenvalue weighted by molar-refractivity contribution is 0.255. The van der Waals surface area contributed by atoms with Crippen LogP contribution < -0.4 is 15.5 Å². The predicted molar refractivity (Wildman–Crippen MR) is 129 cm³/mol. The Bertz CT molecular complexity index is 684. The maximum atomic E-state index is 4.71. The number of guanidine groups is 1. The summed E-state index contributed by atoms with van der Waals surface area (Å²) in [5.74, 6) is 1.74. The van der Waals surface area contributed by atoms with Crippen LogP contribution in [0.3, 0.4) is 0 Å². The zero-order chi connectivity index (χ0) is 19.4. The number of hydrogen-bond donors (Lipinski definition) is 2. The normalized spacial score (nSPS) is 15.1. The molecule has 3 heterocycles. The summed E-state index contributed by atoms with van der Waals surface area (Å²) in [7, 11) is 0. The van der Waals surface area contributed by atoms with Gasteiger partial charge in [0.15, 0.2) is 5.96 Å². The van der Waals surface area contributed by atoms with Crippen LogP contribution in [0.15, 0.2) is 48.0 Å². The maximum absolute atomic E-state index is 4.71. The van der Waals surface area contributed by atoms with Crippen molar-refractivity contribution >= 4 is 35.9 Å². The van der Waals surface area contributed by atoms with Gasteiger partial charge in [0.25, 0.3) is 0 Å². The summed E-state index contributed by atoms with van der Waals surface area (Å²) < 4.78 is 2.16. The Labute approximate surface area is 190 Å². The first-order valence-electron chi connectivity index (χ1n) is 10.2. The number of rotatable bonds is 9. The smallest absolute Gasteiger partial charge is 0.225 e. The molecule has 0 atom stereocenters. The molecule has 0 amide bonds. The summed E-state index contributed by atoms with van der Waals surface area (Å²) in [6.07, 6.45) is 8.84. The monoisotopic (exact) mass is 512 g/mol. The second kappa shape index (κ2) is 13.4. The van der Waals surface area contributed by atoms with Crippen LogP contribution in [-0.2, 0) is 6.54 Å². The van der Waals surface area contributed by atoms with Gasteiger partial charge in [-0.2, -0.15) is 0 Å². The quantitative estimate of drug-likeness (QED) is 0.231. The van der Waals surface area contributed by atoms with Crippen molar-refractivity contribution in [1.29, 1.82) is 0 Å². The summed E-state index contributed by atoms with van der Waals surface area (Å²) in [6.45, 7) is 10.8. The summed E-state index contributed by atoms with van der Waals surface area (Å²) in [5, 5.41) is 6.73. The molecule has 0 unspecified atom stereocenters. The van der Waals surface area contributed by atoms with E-state index in [9.17, 15) is 0 Å². The number of piperazine rings is 1. The standard InChI is InChI=1S/C20H32N8.HI/c1-2-21-19(23-10-14-26-11-3-4-12-26)22-9-6-13-27-15-17-28(18-16-27)20-24-7-5-8-25-20;/h3-5,7-8,11-12H,2,6,9-10,13-18H2,1H3,(H2,21,22,23);1H. The highest BCUT2D eigenvalue weighted by Gasteiger charge is 2.18. The Kier molecular flexibility index (Phi) is 10.8. The first-order chi connectivity index (χ1) is 13.8. The molecular weight excluding hydrogens is 479 g/mol. The molecule has 0 radical (unpaired) electrons. The van der Waals surface area contributed by atoms with Gasteiger partial charge in [0.05, 0.1) is 0 Å². The van der Waals surface area contributed by atoms with E-state index >= 15 is 0 Å². The lowest BCUT2D eigenvalue weighted by atomic mass is 10.3. The zero-order valence-electron chi connectivity index (χ0n) is 17.2. The van der Waals surface area contributed by atoms with E-state index < -0.39 is 0 Å². The Morgan fingerprint density at radius 2 is 1.72 bits per heavy atom. The van der Waals surface area contributed by atoms with Crippen LogP contribution in [0.25, 0.3) is 0 Å². The molecule has 8 nitrogen and oxygen atoms in total. The zero-order valence-corrected chi connectivity index (χ0v) is 19.5. The molecule has 2 N–H and O–H groups in total. The van der Waals surface area contributed by atoms with Gasteiger partial charge in [0.1, 0.15) is 0 Å². The third kappa shape index (κ3) is 8.17. The molecule has 29 heavy (non-hydrogen) atoms. The van der Waals surface area contributed by atoms with Crippen LogP contribution in [0.2, 0.25) is 0 Å². The molecule has 0 bridgehead atoms. The fourth-order valence-electron chi connectivity index (χ4n) is 3.28. The number of halogens is 1. The Morgan fingerprint density at radius 1 is 1.00 bits per heavy atom. The van der Waals surface area contributed by atoms with Gasteiger partial charge in [-0.1, -0.05) is 0 Å². The first kappa shape index (κ1) is 23.4. The van der Waals surface area contributed by atoms with Gasteiger partial charge in [-0.05, 0) is 31.5 Å². The number of nitrogens with zero attached hydrogens (tertiary/aromatic N) is 6. The van der Waals surface area contributed by atoms with Gasteiger partial charge in [-0.25, -0.2) is 9.97 Å². The van der Waals surface area contributed by atoms with Crippen molar-refractivity contribution in [2.75, 3.05) is 57.3 Å². The van der Waals surface area contributed by atoms with Gasteiger partial charge in [-0.15, -0.1) is 24.0 Å². The molecule has 3 rings (SSSR count). The van der Waals surface area contributed by atoms with E-state index in [-0.39, 0.29) is 24.0 Å². The molecule has 160 valence electrons. The van der Waals surface area contributed by atoms with Crippen LogP contribution in [-0.4, -0.2) is 77.8 Å². The van der Waals surface area contributed by atoms with E-state index in [1.165, 1.54) is 0 Å². The number of anilines is 1. The fourth-order valence-corrected chi connectivity index (χ4v) is 3.28. The van der Waals surface area contributed by atoms with Crippen molar-refractivity contribution in [3.05, 3.63) is 43.0 Å². The molecule has 2 aromatic rings. The van der Waals surface area contributed by atoms with E-state index in [1.807, 2.05) is 18.2 Å². The minimum Gasteiger partial charge on any atom is -0.357 e. The number of aliphatic imine (C=N–C) groups is 1. The minimum atomic E-state index is 0. The predicted octanol–water partition coefficient (Wildman–Crippen LogP) is 1.66. The largest absolute Gasteiger partial charge is 0.357 e. The summed E-state index contributed by atoms with van der Waals surface area (Å²) in [4.78, 5) is 18.2. The van der Waals surface area contributed by atoms with Crippen molar-refractivity contribution in [2.45, 2.75) is 19.9 Å². The van der Waals surface area contributed by atoms with Crippen LogP contribution >= 0.6 is 24.0 Å². The summed E-state index contributed by atoms with van der Waals surface area (Å²) in [5.41, 5.74) is 0.